The Morgan fingerprint density at radius 1 is 1.38 bits per heavy atom. The van der Waals surface area contributed by atoms with E-state index in [0.717, 1.165) is 25.5 Å². The molecule has 2 atom stereocenters. The average Bonchev–Trinajstić information content (AvgIpc) is 3.30. The van der Waals surface area contributed by atoms with Crippen LogP contribution in [0.5, 0.6) is 0 Å². The monoisotopic (exact) mass is 402 g/mol. The number of aromatic amines is 1. The maximum absolute atomic E-state index is 12.7. The van der Waals surface area contributed by atoms with Gasteiger partial charge in [0.25, 0.3) is 5.91 Å². The van der Waals surface area contributed by atoms with Crippen molar-refractivity contribution in [2.24, 2.45) is 7.05 Å². The fourth-order valence-corrected chi connectivity index (χ4v) is 4.51. The summed E-state index contributed by atoms with van der Waals surface area (Å²) in [5, 5.41) is 14.3. The molecule has 2 saturated heterocycles. The van der Waals surface area contributed by atoms with Crippen LogP contribution < -0.4 is 5.32 Å². The molecule has 3 N–H and O–H groups in total. The molecule has 0 aliphatic carbocycles. The Kier molecular flexibility index (Phi) is 5.22. The minimum atomic E-state index is -0.785. The summed E-state index contributed by atoms with van der Waals surface area (Å²) in [7, 11) is 2.00. The second-order valence-electron chi connectivity index (χ2n) is 8.55. The number of carbonyl (C=O) groups is 1. The summed E-state index contributed by atoms with van der Waals surface area (Å²) in [6, 6.07) is 0. The molecule has 2 aromatic rings. The molecule has 9 heteroatoms. The number of hydrogen-bond donors (Lipinski definition) is 3. The first-order valence-electron chi connectivity index (χ1n) is 10.2. The van der Waals surface area contributed by atoms with E-state index in [-0.39, 0.29) is 5.91 Å². The number of nitrogens with zero attached hydrogens (tertiary/aromatic N) is 4. The van der Waals surface area contributed by atoms with Crippen LogP contribution in [0, 0.1) is 6.92 Å². The zero-order valence-electron chi connectivity index (χ0n) is 17.3. The van der Waals surface area contributed by atoms with Crippen molar-refractivity contribution >= 4 is 5.91 Å². The summed E-state index contributed by atoms with van der Waals surface area (Å²) >= 11 is 0. The number of piperidine rings is 1. The van der Waals surface area contributed by atoms with Gasteiger partial charge in [-0.3, -0.25) is 9.69 Å². The highest BCUT2D eigenvalue weighted by molar-refractivity contribution is 5.92. The number of likely N-dealkylation sites (tertiary alicyclic amines) is 1. The van der Waals surface area contributed by atoms with Crippen LogP contribution in [0.25, 0.3) is 0 Å². The summed E-state index contributed by atoms with van der Waals surface area (Å²) in [5.74, 6) is 1.46. The molecule has 9 nitrogen and oxygen atoms in total. The molecule has 0 bridgehead atoms. The van der Waals surface area contributed by atoms with E-state index in [1.54, 1.807) is 6.92 Å². The molecule has 4 rings (SSSR count). The first kappa shape index (κ1) is 20.1. The van der Waals surface area contributed by atoms with Gasteiger partial charge in [0.15, 0.2) is 0 Å². The fourth-order valence-electron chi connectivity index (χ4n) is 4.51. The standard InChI is InChI=1S/C20H30N6O3/c1-14-22-12-15(23-14)17(27)24-19(2)6-11-29-20(18(19)28)4-8-26(9-5-20)13-16-21-7-10-25(16)3/h7,10,12,18,28H,4-6,8-9,11,13H2,1-3H3,(H,22,23)(H,24,27)/t18-,19+/m1/s1. The molecule has 2 aliphatic heterocycles. The number of aryl methyl sites for hydroxylation is 2. The number of imidazole rings is 2. The van der Waals surface area contributed by atoms with E-state index in [0.29, 0.717) is 37.4 Å². The number of rotatable bonds is 4. The molecule has 1 amide bonds. The largest absolute Gasteiger partial charge is 0.388 e. The first-order chi connectivity index (χ1) is 13.8. The normalized spacial score (nSPS) is 27.2. The van der Waals surface area contributed by atoms with Crippen molar-refractivity contribution in [3.8, 4) is 0 Å². The Bertz CT molecular complexity index is 869. The predicted molar refractivity (Wildman–Crippen MR) is 106 cm³/mol. The van der Waals surface area contributed by atoms with Crippen molar-refractivity contribution in [3.63, 3.8) is 0 Å². The van der Waals surface area contributed by atoms with Gasteiger partial charge in [0.1, 0.15) is 23.4 Å². The van der Waals surface area contributed by atoms with Gasteiger partial charge in [0.05, 0.1) is 23.9 Å². The topological polar surface area (TPSA) is 108 Å². The lowest BCUT2D eigenvalue weighted by atomic mass is 9.73. The summed E-state index contributed by atoms with van der Waals surface area (Å²) in [6.07, 6.45) is 6.48. The lowest BCUT2D eigenvalue weighted by Crippen LogP contribution is -2.69. The summed E-state index contributed by atoms with van der Waals surface area (Å²) < 4.78 is 8.17. The minimum absolute atomic E-state index is 0.253. The Balaban J connectivity index is 1.42. The van der Waals surface area contributed by atoms with Crippen LogP contribution in [0.4, 0.5) is 0 Å². The van der Waals surface area contributed by atoms with E-state index in [9.17, 15) is 9.90 Å². The Morgan fingerprint density at radius 3 is 2.76 bits per heavy atom. The van der Waals surface area contributed by atoms with E-state index in [1.807, 2.05) is 30.9 Å². The number of carbonyl (C=O) groups excluding carboxylic acids is 1. The highest BCUT2D eigenvalue weighted by Gasteiger charge is 2.53. The summed E-state index contributed by atoms with van der Waals surface area (Å²) in [5.41, 5.74) is -0.986. The van der Waals surface area contributed by atoms with Crippen LogP contribution in [0.2, 0.25) is 0 Å². The van der Waals surface area contributed by atoms with Crippen molar-refractivity contribution < 1.29 is 14.6 Å². The van der Waals surface area contributed by atoms with E-state index < -0.39 is 17.2 Å². The van der Waals surface area contributed by atoms with Gasteiger partial charge in [-0.15, -0.1) is 0 Å². The second-order valence-corrected chi connectivity index (χ2v) is 8.55. The van der Waals surface area contributed by atoms with Crippen LogP contribution >= 0.6 is 0 Å². The SMILES string of the molecule is Cc1ncc(C(=O)N[C@@]2(C)CCOC3(CCN(Cc4nccn4C)CC3)[C@@H]2O)[nH]1. The van der Waals surface area contributed by atoms with Crippen LogP contribution in [0.3, 0.4) is 0 Å². The number of aromatic nitrogens is 4. The van der Waals surface area contributed by atoms with Crippen molar-refractivity contribution in [2.75, 3.05) is 19.7 Å². The van der Waals surface area contributed by atoms with Crippen LogP contribution in [-0.2, 0) is 18.3 Å². The molecule has 4 heterocycles. The molecule has 2 aromatic heterocycles. The van der Waals surface area contributed by atoms with Gasteiger partial charge >= 0.3 is 0 Å². The molecule has 158 valence electrons. The first-order valence-corrected chi connectivity index (χ1v) is 10.2. The van der Waals surface area contributed by atoms with Gasteiger partial charge in [0.2, 0.25) is 0 Å². The molecule has 0 radical (unpaired) electrons. The zero-order chi connectivity index (χ0) is 20.6. The lowest BCUT2D eigenvalue weighted by molar-refractivity contribution is -0.206. The van der Waals surface area contributed by atoms with E-state index in [4.69, 9.17) is 4.74 Å². The Hall–Kier alpha value is -2.23. The van der Waals surface area contributed by atoms with E-state index >= 15 is 0 Å². The maximum atomic E-state index is 12.7. The van der Waals surface area contributed by atoms with Crippen molar-refractivity contribution in [1.29, 1.82) is 0 Å². The van der Waals surface area contributed by atoms with Gasteiger partial charge in [-0.25, -0.2) is 9.97 Å². The third kappa shape index (κ3) is 3.82. The molecule has 2 fully saturated rings. The molecular formula is C20H30N6O3. The predicted octanol–water partition coefficient (Wildman–Crippen LogP) is 0.756. The lowest BCUT2D eigenvalue weighted by Gasteiger charge is -2.53. The third-order valence-electron chi connectivity index (χ3n) is 6.45. The van der Waals surface area contributed by atoms with Crippen LogP contribution in [0.1, 0.15) is 48.3 Å². The van der Waals surface area contributed by atoms with Gasteiger partial charge in [-0.1, -0.05) is 0 Å². The van der Waals surface area contributed by atoms with Crippen LogP contribution in [0.15, 0.2) is 18.6 Å². The Labute approximate surface area is 170 Å². The maximum Gasteiger partial charge on any atom is 0.269 e. The van der Waals surface area contributed by atoms with Crippen molar-refractivity contribution in [1.82, 2.24) is 29.7 Å². The number of ether oxygens (including phenoxy) is 1. The number of aliphatic hydroxyl groups is 1. The van der Waals surface area contributed by atoms with Gasteiger partial charge in [-0.05, 0) is 33.1 Å². The Morgan fingerprint density at radius 2 is 2.14 bits per heavy atom. The molecule has 0 aromatic carbocycles. The minimum Gasteiger partial charge on any atom is -0.388 e. The van der Waals surface area contributed by atoms with Crippen molar-refractivity contribution in [3.05, 3.63) is 35.9 Å². The molecular weight excluding hydrogens is 372 g/mol. The highest BCUT2D eigenvalue weighted by Crippen LogP contribution is 2.40. The number of aliphatic hydroxyl groups excluding tert-OH is 1. The molecule has 29 heavy (non-hydrogen) atoms. The van der Waals surface area contributed by atoms with Gasteiger partial charge in [-0.2, -0.15) is 0 Å². The third-order valence-corrected chi connectivity index (χ3v) is 6.45. The van der Waals surface area contributed by atoms with Gasteiger partial charge < -0.3 is 24.7 Å². The zero-order valence-corrected chi connectivity index (χ0v) is 17.3. The summed E-state index contributed by atoms with van der Waals surface area (Å²) in [4.78, 5) is 26.4. The quantitative estimate of drug-likeness (QED) is 0.697. The van der Waals surface area contributed by atoms with E-state index in [2.05, 4.69) is 25.2 Å². The highest BCUT2D eigenvalue weighted by atomic mass is 16.5. The second kappa shape index (κ2) is 7.55. The van der Waals surface area contributed by atoms with E-state index in [1.165, 1.54) is 6.20 Å². The van der Waals surface area contributed by atoms with Gasteiger partial charge in [0, 0.05) is 39.1 Å². The average molecular weight is 402 g/mol. The smallest absolute Gasteiger partial charge is 0.269 e. The number of amides is 1. The fraction of sp³-hybridized carbons (Fsp3) is 0.650. The number of hydrogen-bond acceptors (Lipinski definition) is 6. The molecule has 2 aliphatic rings. The molecule has 1 spiro atoms. The number of nitrogens with one attached hydrogen (secondary N) is 2. The summed E-state index contributed by atoms with van der Waals surface area (Å²) in [6.45, 7) is 6.62. The molecule has 0 unspecified atom stereocenters. The van der Waals surface area contributed by atoms with Crippen LogP contribution in [-0.4, -0.2) is 72.4 Å². The molecule has 0 saturated carbocycles. The van der Waals surface area contributed by atoms with Crippen molar-refractivity contribution in [2.45, 2.75) is 56.9 Å². The number of H-pyrrole nitrogens is 1.